The normalized spacial score (nSPS) is 19.4. The van der Waals surface area contributed by atoms with Gasteiger partial charge in [-0.1, -0.05) is 24.3 Å². The number of para-hydroxylation sites is 1. The molecule has 1 aliphatic carbocycles. The van der Waals surface area contributed by atoms with E-state index in [1.165, 1.54) is 18.3 Å². The van der Waals surface area contributed by atoms with Crippen molar-refractivity contribution < 1.29 is 18.0 Å². The summed E-state index contributed by atoms with van der Waals surface area (Å²) in [6.07, 6.45) is 8.17. The standard InChI is InChI=1S/C22H25F3N2O/c1-21(14-22(2,24)25,12-15-7-4-3-5-8-15)27-20(28)17-11-16-9-6-10-18(23)19(16)26-13-17/h3-4,6,9-11,13,15H,5,7-8,12,14H2,1-2H3,(H,27,28). The molecule has 0 aliphatic heterocycles. The van der Waals surface area contributed by atoms with Crippen LogP contribution in [0.1, 0.15) is 56.3 Å². The maximum Gasteiger partial charge on any atom is 0.253 e. The molecule has 0 spiro atoms. The van der Waals surface area contributed by atoms with Crippen LogP contribution in [-0.4, -0.2) is 22.4 Å². The van der Waals surface area contributed by atoms with Crippen LogP contribution in [0.25, 0.3) is 10.9 Å². The minimum Gasteiger partial charge on any atom is -0.347 e. The summed E-state index contributed by atoms with van der Waals surface area (Å²) in [4.78, 5) is 16.8. The van der Waals surface area contributed by atoms with E-state index in [-0.39, 0.29) is 17.0 Å². The van der Waals surface area contributed by atoms with E-state index in [0.29, 0.717) is 11.8 Å². The van der Waals surface area contributed by atoms with E-state index in [1.807, 2.05) is 0 Å². The Labute approximate surface area is 163 Å². The minimum atomic E-state index is -2.91. The zero-order chi connectivity index (χ0) is 20.4. The first-order valence-corrected chi connectivity index (χ1v) is 9.55. The molecule has 1 heterocycles. The van der Waals surface area contributed by atoms with Gasteiger partial charge in [0.2, 0.25) is 5.92 Å². The van der Waals surface area contributed by atoms with Crippen molar-refractivity contribution in [1.82, 2.24) is 10.3 Å². The molecular weight excluding hydrogens is 365 g/mol. The van der Waals surface area contributed by atoms with E-state index in [9.17, 15) is 18.0 Å². The number of halogens is 3. The molecular formula is C22H25F3N2O. The van der Waals surface area contributed by atoms with Gasteiger partial charge in [-0.25, -0.2) is 13.2 Å². The fourth-order valence-corrected chi connectivity index (χ4v) is 4.13. The first kappa shape index (κ1) is 20.4. The molecule has 0 saturated carbocycles. The monoisotopic (exact) mass is 390 g/mol. The van der Waals surface area contributed by atoms with Crippen LogP contribution in [0.2, 0.25) is 0 Å². The lowest BCUT2D eigenvalue weighted by atomic mass is 9.79. The molecule has 1 amide bonds. The smallest absolute Gasteiger partial charge is 0.253 e. The second kappa shape index (κ2) is 7.94. The van der Waals surface area contributed by atoms with Crippen molar-refractivity contribution in [2.75, 3.05) is 0 Å². The molecule has 0 radical (unpaired) electrons. The number of pyridine rings is 1. The second-order valence-corrected chi connectivity index (χ2v) is 8.15. The number of hydrogen-bond acceptors (Lipinski definition) is 2. The molecule has 1 aromatic heterocycles. The van der Waals surface area contributed by atoms with Gasteiger partial charge in [-0.3, -0.25) is 9.78 Å². The Balaban J connectivity index is 1.82. The number of carbonyl (C=O) groups excluding carboxylic acids is 1. The molecule has 3 rings (SSSR count). The van der Waals surface area contributed by atoms with Crippen molar-refractivity contribution in [1.29, 1.82) is 0 Å². The van der Waals surface area contributed by atoms with Gasteiger partial charge in [-0.15, -0.1) is 0 Å². The molecule has 1 aromatic carbocycles. The number of alkyl halides is 2. The summed E-state index contributed by atoms with van der Waals surface area (Å²) in [5.74, 6) is -3.60. The van der Waals surface area contributed by atoms with Gasteiger partial charge in [0.15, 0.2) is 0 Å². The topological polar surface area (TPSA) is 42.0 Å². The van der Waals surface area contributed by atoms with Crippen molar-refractivity contribution in [2.24, 2.45) is 5.92 Å². The largest absolute Gasteiger partial charge is 0.347 e. The lowest BCUT2D eigenvalue weighted by molar-refractivity contribution is -0.0165. The predicted octanol–water partition coefficient (Wildman–Crippen LogP) is 5.65. The van der Waals surface area contributed by atoms with Gasteiger partial charge < -0.3 is 5.32 Å². The van der Waals surface area contributed by atoms with Crippen molar-refractivity contribution in [3.05, 3.63) is 54.0 Å². The van der Waals surface area contributed by atoms with Crippen molar-refractivity contribution >= 4 is 16.8 Å². The summed E-state index contributed by atoms with van der Waals surface area (Å²) >= 11 is 0. The van der Waals surface area contributed by atoms with E-state index < -0.39 is 29.6 Å². The lowest BCUT2D eigenvalue weighted by Gasteiger charge is -2.36. The highest BCUT2D eigenvalue weighted by Crippen LogP contribution is 2.34. The average molecular weight is 390 g/mol. The molecule has 2 aromatic rings. The van der Waals surface area contributed by atoms with E-state index >= 15 is 0 Å². The predicted molar refractivity (Wildman–Crippen MR) is 104 cm³/mol. The third-order valence-electron chi connectivity index (χ3n) is 5.16. The molecule has 3 nitrogen and oxygen atoms in total. The van der Waals surface area contributed by atoms with Crippen molar-refractivity contribution in [3.8, 4) is 0 Å². The Morgan fingerprint density at radius 1 is 1.29 bits per heavy atom. The van der Waals surface area contributed by atoms with Crippen LogP contribution in [0.15, 0.2) is 42.6 Å². The fourth-order valence-electron chi connectivity index (χ4n) is 4.13. The SMILES string of the molecule is CC(F)(F)CC(C)(CC1CC=CCC1)NC(=O)c1cnc2c(F)cccc2c1. The Hall–Kier alpha value is -2.37. The number of allylic oxidation sites excluding steroid dienone is 2. The molecule has 1 aliphatic rings. The highest BCUT2D eigenvalue weighted by atomic mass is 19.3. The van der Waals surface area contributed by atoms with Gasteiger partial charge in [0.25, 0.3) is 5.91 Å². The van der Waals surface area contributed by atoms with Gasteiger partial charge >= 0.3 is 0 Å². The number of fused-ring (bicyclic) bond motifs is 1. The van der Waals surface area contributed by atoms with Crippen molar-refractivity contribution in [2.45, 2.75) is 57.4 Å². The third kappa shape index (κ3) is 5.12. The second-order valence-electron chi connectivity index (χ2n) is 8.15. The lowest BCUT2D eigenvalue weighted by Crippen LogP contribution is -2.50. The summed E-state index contributed by atoms with van der Waals surface area (Å²) in [7, 11) is 0. The van der Waals surface area contributed by atoms with Crippen LogP contribution in [0.5, 0.6) is 0 Å². The summed E-state index contributed by atoms with van der Waals surface area (Å²) in [5, 5.41) is 3.31. The van der Waals surface area contributed by atoms with Crippen LogP contribution in [0, 0.1) is 11.7 Å². The van der Waals surface area contributed by atoms with E-state index in [1.54, 1.807) is 19.1 Å². The highest BCUT2D eigenvalue weighted by molar-refractivity contribution is 5.97. The first-order chi connectivity index (χ1) is 13.2. The molecule has 0 saturated heterocycles. The Morgan fingerprint density at radius 2 is 2.07 bits per heavy atom. The minimum absolute atomic E-state index is 0.177. The zero-order valence-corrected chi connectivity index (χ0v) is 16.1. The number of aromatic nitrogens is 1. The molecule has 1 N–H and O–H groups in total. The number of nitrogens with zero attached hydrogens (tertiary/aromatic N) is 1. The van der Waals surface area contributed by atoms with Crippen LogP contribution < -0.4 is 5.32 Å². The summed E-state index contributed by atoms with van der Waals surface area (Å²) in [6.45, 7) is 2.55. The summed E-state index contributed by atoms with van der Waals surface area (Å²) in [6, 6.07) is 6.04. The first-order valence-electron chi connectivity index (χ1n) is 9.55. The zero-order valence-electron chi connectivity index (χ0n) is 16.1. The van der Waals surface area contributed by atoms with Gasteiger partial charge in [-0.2, -0.15) is 0 Å². The maximum atomic E-state index is 13.9. The van der Waals surface area contributed by atoms with Gasteiger partial charge in [-0.05, 0) is 57.6 Å². The van der Waals surface area contributed by atoms with Crippen LogP contribution in [0.3, 0.4) is 0 Å². The maximum absolute atomic E-state index is 13.9. The number of hydrogen-bond donors (Lipinski definition) is 1. The molecule has 2 atom stereocenters. The average Bonchev–Trinajstić information content (AvgIpc) is 2.60. The van der Waals surface area contributed by atoms with Gasteiger partial charge in [0.1, 0.15) is 11.3 Å². The number of amides is 1. The van der Waals surface area contributed by atoms with E-state index in [0.717, 1.165) is 26.2 Å². The van der Waals surface area contributed by atoms with Crippen LogP contribution in [0.4, 0.5) is 13.2 Å². The fraction of sp³-hybridized carbons (Fsp3) is 0.455. The summed E-state index contributed by atoms with van der Waals surface area (Å²) in [5.41, 5.74) is -0.648. The molecule has 6 heteroatoms. The molecule has 0 fully saturated rings. The molecule has 28 heavy (non-hydrogen) atoms. The van der Waals surface area contributed by atoms with Crippen molar-refractivity contribution in [3.63, 3.8) is 0 Å². The molecule has 0 bridgehead atoms. The van der Waals surface area contributed by atoms with Gasteiger partial charge in [0, 0.05) is 23.5 Å². The van der Waals surface area contributed by atoms with Gasteiger partial charge in [0.05, 0.1) is 5.56 Å². The summed E-state index contributed by atoms with van der Waals surface area (Å²) < 4.78 is 41.5. The Kier molecular flexibility index (Phi) is 5.77. The van der Waals surface area contributed by atoms with Crippen LogP contribution in [-0.2, 0) is 0 Å². The Bertz CT molecular complexity index is 891. The highest BCUT2D eigenvalue weighted by Gasteiger charge is 2.38. The molecule has 150 valence electrons. The number of carbonyl (C=O) groups is 1. The quantitative estimate of drug-likeness (QED) is 0.647. The number of nitrogens with one attached hydrogen (secondary N) is 1. The third-order valence-corrected chi connectivity index (χ3v) is 5.16. The number of rotatable bonds is 6. The van der Waals surface area contributed by atoms with E-state index in [2.05, 4.69) is 22.5 Å². The molecule has 2 unspecified atom stereocenters. The van der Waals surface area contributed by atoms with E-state index in [4.69, 9.17) is 0 Å². The van der Waals surface area contributed by atoms with Crippen LogP contribution >= 0.6 is 0 Å². The Morgan fingerprint density at radius 3 is 2.75 bits per heavy atom. The number of benzene rings is 1.